The van der Waals surface area contributed by atoms with Gasteiger partial charge in [-0.3, -0.25) is 0 Å². The van der Waals surface area contributed by atoms with Gasteiger partial charge >= 0.3 is 0 Å². The first-order valence-corrected chi connectivity index (χ1v) is 5.93. The van der Waals surface area contributed by atoms with E-state index in [1.54, 1.807) is 6.07 Å². The SMILES string of the molecule is Cc1ccc(-c2ccc(Cl)c(Cl)c2)cc1Cl. The Balaban J connectivity index is 2.50. The molecule has 2 rings (SSSR count). The number of hydrogen-bond acceptors (Lipinski definition) is 0. The van der Waals surface area contributed by atoms with Crippen LogP contribution >= 0.6 is 34.8 Å². The van der Waals surface area contributed by atoms with Crippen LogP contribution in [0.15, 0.2) is 36.4 Å². The van der Waals surface area contributed by atoms with Gasteiger partial charge in [0.25, 0.3) is 0 Å². The summed E-state index contributed by atoms with van der Waals surface area (Å²) in [6.07, 6.45) is 0. The number of rotatable bonds is 1. The van der Waals surface area contributed by atoms with Crippen LogP contribution < -0.4 is 0 Å². The Hall–Kier alpha value is -0.690. The van der Waals surface area contributed by atoms with Gasteiger partial charge in [-0.2, -0.15) is 0 Å². The maximum Gasteiger partial charge on any atom is 0.0598 e. The summed E-state index contributed by atoms with van der Waals surface area (Å²) in [5, 5.41) is 1.86. The highest BCUT2D eigenvalue weighted by Crippen LogP contribution is 2.30. The molecule has 0 aliphatic rings. The number of halogens is 3. The monoisotopic (exact) mass is 270 g/mol. The molecule has 0 amide bonds. The van der Waals surface area contributed by atoms with E-state index < -0.39 is 0 Å². The van der Waals surface area contributed by atoms with Crippen molar-refractivity contribution in [3.63, 3.8) is 0 Å². The molecule has 0 N–H and O–H groups in total. The highest BCUT2D eigenvalue weighted by molar-refractivity contribution is 6.42. The van der Waals surface area contributed by atoms with Gasteiger partial charge in [0.05, 0.1) is 10.0 Å². The van der Waals surface area contributed by atoms with Crippen molar-refractivity contribution >= 4 is 34.8 Å². The minimum absolute atomic E-state index is 0.552. The smallest absolute Gasteiger partial charge is 0.0598 e. The lowest BCUT2D eigenvalue weighted by atomic mass is 10.0. The lowest BCUT2D eigenvalue weighted by Gasteiger charge is -2.05. The molecule has 0 atom stereocenters. The molecule has 0 unspecified atom stereocenters. The summed E-state index contributed by atoms with van der Waals surface area (Å²) in [5.74, 6) is 0. The molecule has 82 valence electrons. The molecule has 0 fully saturated rings. The molecule has 0 bridgehead atoms. The van der Waals surface area contributed by atoms with Crippen LogP contribution in [-0.4, -0.2) is 0 Å². The molecular formula is C13H9Cl3. The first-order valence-electron chi connectivity index (χ1n) is 4.79. The van der Waals surface area contributed by atoms with Gasteiger partial charge < -0.3 is 0 Å². The molecule has 0 saturated heterocycles. The lowest BCUT2D eigenvalue weighted by Crippen LogP contribution is -1.81. The van der Waals surface area contributed by atoms with Crippen LogP contribution in [0.25, 0.3) is 11.1 Å². The second-order valence-corrected chi connectivity index (χ2v) is 4.81. The molecule has 0 aliphatic heterocycles. The average molecular weight is 272 g/mol. The van der Waals surface area contributed by atoms with Gasteiger partial charge in [0.15, 0.2) is 0 Å². The van der Waals surface area contributed by atoms with Crippen molar-refractivity contribution in [2.75, 3.05) is 0 Å². The highest BCUT2D eigenvalue weighted by atomic mass is 35.5. The van der Waals surface area contributed by atoms with Crippen molar-refractivity contribution in [1.82, 2.24) is 0 Å². The zero-order valence-corrected chi connectivity index (χ0v) is 10.9. The zero-order chi connectivity index (χ0) is 11.7. The van der Waals surface area contributed by atoms with Crippen molar-refractivity contribution in [1.29, 1.82) is 0 Å². The lowest BCUT2D eigenvalue weighted by molar-refractivity contribution is 1.47. The quantitative estimate of drug-likeness (QED) is 0.631. The Morgan fingerprint density at radius 2 is 1.25 bits per heavy atom. The summed E-state index contributed by atoms with van der Waals surface area (Å²) in [6.45, 7) is 1.97. The third-order valence-electron chi connectivity index (χ3n) is 2.42. The summed E-state index contributed by atoms with van der Waals surface area (Å²) >= 11 is 17.9. The van der Waals surface area contributed by atoms with E-state index in [0.29, 0.717) is 10.0 Å². The molecule has 16 heavy (non-hydrogen) atoms. The van der Waals surface area contributed by atoms with Crippen LogP contribution in [0.5, 0.6) is 0 Å². The molecule has 3 heteroatoms. The van der Waals surface area contributed by atoms with Gasteiger partial charge in [-0.1, -0.05) is 53.0 Å². The van der Waals surface area contributed by atoms with Crippen LogP contribution in [0.3, 0.4) is 0 Å². The number of hydrogen-bond donors (Lipinski definition) is 0. The fourth-order valence-electron chi connectivity index (χ4n) is 1.45. The van der Waals surface area contributed by atoms with E-state index in [0.717, 1.165) is 21.7 Å². The van der Waals surface area contributed by atoms with Gasteiger partial charge in [-0.25, -0.2) is 0 Å². The summed E-state index contributed by atoms with van der Waals surface area (Å²) < 4.78 is 0. The minimum Gasteiger partial charge on any atom is -0.0840 e. The number of benzene rings is 2. The normalized spacial score (nSPS) is 10.5. The van der Waals surface area contributed by atoms with Crippen LogP contribution in [-0.2, 0) is 0 Å². The van der Waals surface area contributed by atoms with Crippen molar-refractivity contribution in [2.45, 2.75) is 6.92 Å². The molecule has 2 aromatic carbocycles. The second-order valence-electron chi connectivity index (χ2n) is 3.59. The third-order valence-corrected chi connectivity index (χ3v) is 3.57. The molecule has 0 heterocycles. The molecule has 0 aliphatic carbocycles. The van der Waals surface area contributed by atoms with E-state index in [1.165, 1.54) is 0 Å². The Morgan fingerprint density at radius 1 is 0.688 bits per heavy atom. The predicted octanol–water partition coefficient (Wildman–Crippen LogP) is 5.62. The second kappa shape index (κ2) is 4.67. The maximum absolute atomic E-state index is 6.08. The summed E-state index contributed by atoms with van der Waals surface area (Å²) in [5.41, 5.74) is 3.11. The number of aryl methyl sites for hydroxylation is 1. The highest BCUT2D eigenvalue weighted by Gasteiger charge is 2.03. The molecular weight excluding hydrogens is 263 g/mol. The molecule has 0 aromatic heterocycles. The van der Waals surface area contributed by atoms with Crippen LogP contribution in [0.2, 0.25) is 15.1 Å². The van der Waals surface area contributed by atoms with Crippen molar-refractivity contribution < 1.29 is 0 Å². The fraction of sp³-hybridized carbons (Fsp3) is 0.0769. The van der Waals surface area contributed by atoms with Crippen molar-refractivity contribution in [3.05, 3.63) is 57.0 Å². The van der Waals surface area contributed by atoms with Crippen molar-refractivity contribution in [3.8, 4) is 11.1 Å². The predicted molar refractivity (Wildman–Crippen MR) is 71.6 cm³/mol. The summed E-state index contributed by atoms with van der Waals surface area (Å²) in [4.78, 5) is 0. The summed E-state index contributed by atoms with van der Waals surface area (Å²) in [7, 11) is 0. The van der Waals surface area contributed by atoms with E-state index in [-0.39, 0.29) is 0 Å². The standard InChI is InChI=1S/C13H9Cl3/c1-8-2-3-9(6-12(8)15)10-4-5-11(14)13(16)7-10/h2-7H,1H3. The van der Waals surface area contributed by atoms with E-state index in [1.807, 2.05) is 37.3 Å². The van der Waals surface area contributed by atoms with Gasteiger partial charge in [-0.15, -0.1) is 0 Å². The largest absolute Gasteiger partial charge is 0.0840 e. The summed E-state index contributed by atoms with van der Waals surface area (Å²) in [6, 6.07) is 11.5. The van der Waals surface area contributed by atoms with Crippen LogP contribution in [0, 0.1) is 6.92 Å². The van der Waals surface area contributed by atoms with Gasteiger partial charge in [0, 0.05) is 5.02 Å². The van der Waals surface area contributed by atoms with E-state index >= 15 is 0 Å². The Kier molecular flexibility index (Phi) is 3.44. The van der Waals surface area contributed by atoms with Crippen LogP contribution in [0.1, 0.15) is 5.56 Å². The third kappa shape index (κ3) is 2.35. The molecule has 0 saturated carbocycles. The Labute approximate surface area is 110 Å². The minimum atomic E-state index is 0.552. The average Bonchev–Trinajstić information content (AvgIpc) is 2.26. The van der Waals surface area contributed by atoms with Crippen LogP contribution in [0.4, 0.5) is 0 Å². The zero-order valence-electron chi connectivity index (χ0n) is 8.60. The molecule has 2 aromatic rings. The molecule has 0 radical (unpaired) electrons. The first kappa shape index (κ1) is 11.8. The van der Waals surface area contributed by atoms with E-state index in [4.69, 9.17) is 34.8 Å². The maximum atomic E-state index is 6.08. The Morgan fingerprint density at radius 3 is 1.81 bits per heavy atom. The van der Waals surface area contributed by atoms with Crippen molar-refractivity contribution in [2.24, 2.45) is 0 Å². The first-order chi connectivity index (χ1) is 7.58. The molecule has 0 nitrogen and oxygen atoms in total. The topological polar surface area (TPSA) is 0 Å². The Bertz CT molecular complexity index is 483. The van der Waals surface area contributed by atoms with Gasteiger partial charge in [-0.05, 0) is 41.8 Å². The van der Waals surface area contributed by atoms with E-state index in [9.17, 15) is 0 Å². The van der Waals surface area contributed by atoms with E-state index in [2.05, 4.69) is 0 Å². The fourth-order valence-corrected chi connectivity index (χ4v) is 1.93. The molecule has 0 spiro atoms. The van der Waals surface area contributed by atoms with Gasteiger partial charge in [0.2, 0.25) is 0 Å². The van der Waals surface area contributed by atoms with Gasteiger partial charge in [0.1, 0.15) is 0 Å².